The second-order valence-corrected chi connectivity index (χ2v) is 8.18. The van der Waals surface area contributed by atoms with Gasteiger partial charge in [-0.05, 0) is 64.9 Å². The van der Waals surface area contributed by atoms with Crippen molar-refractivity contribution in [3.05, 3.63) is 55.6 Å². The maximum atomic E-state index is 12.5. The van der Waals surface area contributed by atoms with Crippen LogP contribution >= 0.6 is 38.5 Å². The molecule has 0 atom stereocenters. The molecule has 2 aromatic rings. The second-order valence-electron chi connectivity index (χ2n) is 6.10. The average Bonchev–Trinajstić information content (AvgIpc) is 2.64. The van der Waals surface area contributed by atoms with E-state index in [-0.39, 0.29) is 0 Å². The topological polar surface area (TPSA) is 76.7 Å². The van der Waals surface area contributed by atoms with Gasteiger partial charge in [-0.2, -0.15) is 0 Å². The Labute approximate surface area is 180 Å². The molecule has 2 rings (SSSR count). The number of carbonyl (C=O) groups excluding carboxylic acids is 2. The first-order valence-corrected chi connectivity index (χ1v) is 10.1. The predicted octanol–water partition coefficient (Wildman–Crippen LogP) is 4.17. The van der Waals surface area contributed by atoms with Gasteiger partial charge in [-0.1, -0.05) is 29.8 Å². The van der Waals surface area contributed by atoms with E-state index in [9.17, 15) is 9.59 Å². The molecule has 2 amide bonds. The van der Waals surface area contributed by atoms with E-state index in [1.54, 1.807) is 43.5 Å². The Morgan fingerprint density at radius 2 is 1.74 bits per heavy atom. The van der Waals surface area contributed by atoms with Gasteiger partial charge in [0.15, 0.2) is 0 Å². The molecule has 0 unspecified atom stereocenters. The van der Waals surface area contributed by atoms with Gasteiger partial charge in [-0.25, -0.2) is 0 Å². The standard InChI is InChI=1S/C19H20BrIN2O4/c1-11(2)10-27-16-7-5-13(20)9-14(16)19(25)23-22-18(24)12-4-6-17(26-3)15(21)8-12/h4-9,11H,10H2,1-3H3,(H,22,24)(H,23,25). The summed E-state index contributed by atoms with van der Waals surface area (Å²) < 4.78 is 12.4. The molecular weight excluding hydrogens is 527 g/mol. The van der Waals surface area contributed by atoms with Gasteiger partial charge < -0.3 is 9.47 Å². The van der Waals surface area contributed by atoms with Crippen LogP contribution in [0.2, 0.25) is 0 Å². The molecule has 2 N–H and O–H groups in total. The molecule has 0 spiro atoms. The molecule has 2 aromatic carbocycles. The molecular formula is C19H20BrIN2O4. The van der Waals surface area contributed by atoms with E-state index in [2.05, 4.69) is 49.4 Å². The molecule has 0 aliphatic carbocycles. The van der Waals surface area contributed by atoms with Crippen LogP contribution in [0.1, 0.15) is 34.6 Å². The largest absolute Gasteiger partial charge is 0.496 e. The molecule has 0 radical (unpaired) electrons. The number of hydrogen-bond acceptors (Lipinski definition) is 4. The van der Waals surface area contributed by atoms with E-state index >= 15 is 0 Å². The fourth-order valence-electron chi connectivity index (χ4n) is 2.12. The van der Waals surface area contributed by atoms with Crippen molar-refractivity contribution in [3.63, 3.8) is 0 Å². The van der Waals surface area contributed by atoms with E-state index in [1.807, 2.05) is 13.8 Å². The van der Waals surface area contributed by atoms with E-state index in [0.717, 1.165) is 8.04 Å². The number of methoxy groups -OCH3 is 1. The number of benzene rings is 2. The first-order valence-electron chi connectivity index (χ1n) is 8.18. The number of amides is 2. The zero-order valence-electron chi connectivity index (χ0n) is 15.1. The molecule has 0 aliphatic rings. The number of halogens is 2. The van der Waals surface area contributed by atoms with Crippen molar-refractivity contribution in [2.45, 2.75) is 13.8 Å². The molecule has 0 heterocycles. The Hall–Kier alpha value is -1.81. The number of rotatable bonds is 6. The van der Waals surface area contributed by atoms with Crippen molar-refractivity contribution in [2.24, 2.45) is 5.92 Å². The van der Waals surface area contributed by atoms with Crippen LogP contribution in [0.4, 0.5) is 0 Å². The van der Waals surface area contributed by atoms with Crippen LogP contribution in [0, 0.1) is 9.49 Å². The highest BCUT2D eigenvalue weighted by molar-refractivity contribution is 14.1. The summed E-state index contributed by atoms with van der Waals surface area (Å²) in [6, 6.07) is 10.2. The molecule has 8 heteroatoms. The second kappa shape index (κ2) is 9.93. The lowest BCUT2D eigenvalue weighted by atomic mass is 10.2. The Morgan fingerprint density at radius 1 is 1.07 bits per heavy atom. The molecule has 6 nitrogen and oxygen atoms in total. The summed E-state index contributed by atoms with van der Waals surface area (Å²) in [6.45, 7) is 4.53. The van der Waals surface area contributed by atoms with Gasteiger partial charge in [0.1, 0.15) is 11.5 Å². The minimum absolute atomic E-state index is 0.321. The zero-order chi connectivity index (χ0) is 20.0. The van der Waals surface area contributed by atoms with E-state index < -0.39 is 11.8 Å². The fraction of sp³-hybridized carbons (Fsp3) is 0.263. The van der Waals surface area contributed by atoms with Gasteiger partial charge >= 0.3 is 0 Å². The summed E-state index contributed by atoms with van der Waals surface area (Å²) in [6.07, 6.45) is 0. The Balaban J connectivity index is 2.07. The van der Waals surface area contributed by atoms with Crippen molar-refractivity contribution in [1.29, 1.82) is 0 Å². The molecule has 0 bridgehead atoms. The molecule has 27 heavy (non-hydrogen) atoms. The van der Waals surface area contributed by atoms with Crippen LogP contribution < -0.4 is 20.3 Å². The maximum Gasteiger partial charge on any atom is 0.273 e. The van der Waals surface area contributed by atoms with Gasteiger partial charge in [0.2, 0.25) is 0 Å². The van der Waals surface area contributed by atoms with Crippen molar-refractivity contribution in [1.82, 2.24) is 10.9 Å². The SMILES string of the molecule is COc1ccc(C(=O)NNC(=O)c2cc(Br)ccc2OCC(C)C)cc1I. The van der Waals surface area contributed by atoms with Gasteiger partial charge in [0.25, 0.3) is 11.8 Å². The smallest absolute Gasteiger partial charge is 0.273 e. The highest BCUT2D eigenvalue weighted by Crippen LogP contribution is 2.24. The molecule has 0 saturated carbocycles. The molecule has 0 aliphatic heterocycles. The van der Waals surface area contributed by atoms with Crippen LogP contribution in [-0.4, -0.2) is 25.5 Å². The molecule has 0 saturated heterocycles. The number of carbonyl (C=O) groups is 2. The van der Waals surface area contributed by atoms with Crippen molar-refractivity contribution >= 4 is 50.3 Å². The molecule has 144 valence electrons. The van der Waals surface area contributed by atoms with Gasteiger partial charge in [0.05, 0.1) is 22.9 Å². The first kappa shape index (κ1) is 21.5. The number of hydrazine groups is 1. The van der Waals surface area contributed by atoms with Crippen LogP contribution in [0.3, 0.4) is 0 Å². The number of ether oxygens (including phenoxy) is 2. The summed E-state index contributed by atoms with van der Waals surface area (Å²) >= 11 is 5.43. The van der Waals surface area contributed by atoms with Crippen LogP contribution in [0.15, 0.2) is 40.9 Å². The summed E-state index contributed by atoms with van der Waals surface area (Å²) in [7, 11) is 1.56. The van der Waals surface area contributed by atoms with Crippen LogP contribution in [0.25, 0.3) is 0 Å². The van der Waals surface area contributed by atoms with Gasteiger partial charge in [0, 0.05) is 10.0 Å². The van der Waals surface area contributed by atoms with Gasteiger partial charge in [-0.15, -0.1) is 0 Å². The minimum atomic E-state index is -0.466. The van der Waals surface area contributed by atoms with Crippen molar-refractivity contribution in [2.75, 3.05) is 13.7 Å². The highest BCUT2D eigenvalue weighted by atomic mass is 127. The minimum Gasteiger partial charge on any atom is -0.496 e. The predicted molar refractivity (Wildman–Crippen MR) is 115 cm³/mol. The van der Waals surface area contributed by atoms with E-state index in [4.69, 9.17) is 9.47 Å². The maximum absolute atomic E-state index is 12.5. The number of nitrogens with one attached hydrogen (secondary N) is 2. The summed E-state index contributed by atoms with van der Waals surface area (Å²) in [5.41, 5.74) is 5.58. The van der Waals surface area contributed by atoms with Crippen molar-refractivity contribution in [3.8, 4) is 11.5 Å². The van der Waals surface area contributed by atoms with Crippen LogP contribution in [0.5, 0.6) is 11.5 Å². The third kappa shape index (κ3) is 6.10. The third-order valence-corrected chi connectivity index (χ3v) is 4.80. The van der Waals surface area contributed by atoms with Gasteiger partial charge in [-0.3, -0.25) is 20.4 Å². The quantitative estimate of drug-likeness (QED) is 0.421. The highest BCUT2D eigenvalue weighted by Gasteiger charge is 2.16. The van der Waals surface area contributed by atoms with Crippen LogP contribution in [-0.2, 0) is 0 Å². The van der Waals surface area contributed by atoms with E-state index in [0.29, 0.717) is 35.2 Å². The van der Waals surface area contributed by atoms with E-state index in [1.165, 1.54) is 0 Å². The zero-order valence-corrected chi connectivity index (χ0v) is 18.9. The monoisotopic (exact) mass is 546 g/mol. The lowest BCUT2D eigenvalue weighted by Gasteiger charge is -2.14. The van der Waals surface area contributed by atoms with Crippen molar-refractivity contribution < 1.29 is 19.1 Å². The lowest BCUT2D eigenvalue weighted by molar-refractivity contribution is 0.0844. The number of hydrogen-bond donors (Lipinski definition) is 2. The average molecular weight is 547 g/mol. The first-order chi connectivity index (χ1) is 12.8. The molecule has 0 aromatic heterocycles. The summed E-state index contributed by atoms with van der Waals surface area (Å²) in [4.78, 5) is 24.8. The molecule has 0 fully saturated rings. The Kier molecular flexibility index (Phi) is 7.91. The fourth-order valence-corrected chi connectivity index (χ4v) is 3.22. The third-order valence-electron chi connectivity index (χ3n) is 3.46. The Morgan fingerprint density at radius 3 is 2.37 bits per heavy atom. The lowest BCUT2D eigenvalue weighted by Crippen LogP contribution is -2.41. The summed E-state index contributed by atoms with van der Waals surface area (Å²) in [5.74, 6) is 0.562. The Bertz CT molecular complexity index is 842. The normalized spacial score (nSPS) is 10.4. The summed E-state index contributed by atoms with van der Waals surface area (Å²) in [5, 5.41) is 0.